The highest BCUT2D eigenvalue weighted by atomic mass is 19.1. The molecule has 8 heteroatoms. The zero-order valence-electron chi connectivity index (χ0n) is 17.0. The topological polar surface area (TPSA) is 96.5 Å². The third-order valence-electron chi connectivity index (χ3n) is 5.58. The van der Waals surface area contributed by atoms with Gasteiger partial charge in [0, 0.05) is 24.7 Å². The molecular formula is C24H18FN5O2. The number of carbonyl (C=O) groups is 1. The molecule has 2 aromatic heterocycles. The Bertz CT molecular complexity index is 1420. The van der Waals surface area contributed by atoms with Crippen molar-refractivity contribution in [2.45, 2.75) is 19.3 Å². The number of benzene rings is 2. The summed E-state index contributed by atoms with van der Waals surface area (Å²) in [6.45, 7) is 0. The van der Waals surface area contributed by atoms with E-state index in [2.05, 4.69) is 16.3 Å². The van der Waals surface area contributed by atoms with Gasteiger partial charge in [0.25, 0.3) is 0 Å². The second-order valence-corrected chi connectivity index (χ2v) is 7.85. The molecule has 0 unspecified atom stereocenters. The van der Waals surface area contributed by atoms with Crippen LogP contribution in [-0.2, 0) is 6.42 Å². The molecule has 4 aromatic rings. The predicted molar refractivity (Wildman–Crippen MR) is 115 cm³/mol. The number of hydrogen-bond acceptors (Lipinski definition) is 4. The highest BCUT2D eigenvalue weighted by Gasteiger charge is 2.30. The van der Waals surface area contributed by atoms with Crippen molar-refractivity contribution in [3.8, 4) is 22.9 Å². The average molecular weight is 427 g/mol. The van der Waals surface area contributed by atoms with E-state index in [0.29, 0.717) is 17.0 Å². The van der Waals surface area contributed by atoms with Crippen LogP contribution in [0.4, 0.5) is 4.39 Å². The molecule has 0 amide bonds. The number of nitriles is 1. The van der Waals surface area contributed by atoms with E-state index in [-0.39, 0.29) is 23.9 Å². The van der Waals surface area contributed by atoms with Gasteiger partial charge in [-0.25, -0.2) is 18.9 Å². The van der Waals surface area contributed by atoms with E-state index in [1.807, 2.05) is 0 Å². The first-order valence-corrected chi connectivity index (χ1v) is 10.2. The largest absolute Gasteiger partial charge is 0.348 e. The molecule has 1 aliphatic rings. The van der Waals surface area contributed by atoms with Crippen molar-refractivity contribution in [2.24, 2.45) is 5.92 Å². The highest BCUT2D eigenvalue weighted by molar-refractivity contribution is 5.83. The number of aromatic nitrogens is 4. The molecule has 0 aliphatic heterocycles. The van der Waals surface area contributed by atoms with Crippen molar-refractivity contribution in [3.05, 3.63) is 94.2 Å². The summed E-state index contributed by atoms with van der Waals surface area (Å²) < 4.78 is 17.8. The Morgan fingerprint density at radius 3 is 2.59 bits per heavy atom. The summed E-state index contributed by atoms with van der Waals surface area (Å²) >= 11 is 0. The van der Waals surface area contributed by atoms with Crippen molar-refractivity contribution in [3.63, 3.8) is 0 Å². The molecule has 0 spiro atoms. The smallest absolute Gasteiger partial charge is 0.294 e. The lowest BCUT2D eigenvalue weighted by Crippen LogP contribution is -2.18. The van der Waals surface area contributed by atoms with Crippen molar-refractivity contribution in [2.75, 3.05) is 0 Å². The number of hydrogen-bond donors (Lipinski definition) is 1. The monoisotopic (exact) mass is 427 g/mol. The zero-order valence-corrected chi connectivity index (χ0v) is 17.0. The average Bonchev–Trinajstić information content (AvgIpc) is 3.46. The number of nitrogens with zero attached hydrogens (tertiary/aromatic N) is 4. The fourth-order valence-electron chi connectivity index (χ4n) is 3.71. The maximum atomic E-state index is 15.0. The lowest BCUT2D eigenvalue weighted by Gasteiger charge is -2.09. The van der Waals surface area contributed by atoms with Gasteiger partial charge in [-0.15, -0.1) is 0 Å². The third-order valence-corrected chi connectivity index (χ3v) is 5.58. The van der Waals surface area contributed by atoms with E-state index in [9.17, 15) is 9.59 Å². The molecule has 158 valence electrons. The molecule has 2 heterocycles. The maximum Gasteiger partial charge on any atom is 0.348 e. The molecule has 0 saturated heterocycles. The van der Waals surface area contributed by atoms with Crippen LogP contribution in [0.5, 0.6) is 0 Å². The van der Waals surface area contributed by atoms with E-state index in [0.717, 1.165) is 24.0 Å². The van der Waals surface area contributed by atoms with Crippen LogP contribution in [0.15, 0.2) is 65.7 Å². The Balaban J connectivity index is 1.44. The van der Waals surface area contributed by atoms with Gasteiger partial charge in [0.1, 0.15) is 11.6 Å². The molecule has 5 rings (SSSR count). The number of nitrogens with one attached hydrogen (secondary N) is 1. The molecule has 0 radical (unpaired) electrons. The van der Waals surface area contributed by atoms with Gasteiger partial charge >= 0.3 is 5.69 Å². The van der Waals surface area contributed by atoms with Crippen LogP contribution >= 0.6 is 0 Å². The number of carbonyl (C=O) groups excluding carboxylic acids is 1. The Morgan fingerprint density at radius 2 is 1.91 bits per heavy atom. The van der Waals surface area contributed by atoms with Crippen LogP contribution in [0.1, 0.15) is 34.6 Å². The Hall–Kier alpha value is -4.25. The van der Waals surface area contributed by atoms with Gasteiger partial charge in [0.05, 0.1) is 17.3 Å². The van der Waals surface area contributed by atoms with E-state index in [1.165, 1.54) is 16.7 Å². The second-order valence-electron chi connectivity index (χ2n) is 7.85. The van der Waals surface area contributed by atoms with Crippen molar-refractivity contribution in [1.29, 1.82) is 5.26 Å². The summed E-state index contributed by atoms with van der Waals surface area (Å²) in [6.07, 6.45) is 5.54. The van der Waals surface area contributed by atoms with E-state index < -0.39 is 11.5 Å². The summed E-state index contributed by atoms with van der Waals surface area (Å²) in [4.78, 5) is 24.6. The highest BCUT2D eigenvalue weighted by Crippen LogP contribution is 2.31. The van der Waals surface area contributed by atoms with Gasteiger partial charge in [0.2, 0.25) is 5.91 Å². The Labute approximate surface area is 182 Å². The van der Waals surface area contributed by atoms with Gasteiger partial charge < -0.3 is 0 Å². The van der Waals surface area contributed by atoms with Crippen molar-refractivity contribution < 1.29 is 9.18 Å². The summed E-state index contributed by atoms with van der Waals surface area (Å²) in [5.41, 5.74) is 2.26. The summed E-state index contributed by atoms with van der Waals surface area (Å²) in [5, 5.41) is 15.4. The molecule has 7 nitrogen and oxygen atoms in total. The van der Waals surface area contributed by atoms with E-state index >= 15 is 4.39 Å². The van der Waals surface area contributed by atoms with Crippen LogP contribution in [-0.4, -0.2) is 25.2 Å². The van der Waals surface area contributed by atoms with Crippen LogP contribution in [0, 0.1) is 23.1 Å². The summed E-state index contributed by atoms with van der Waals surface area (Å²) in [7, 11) is 0. The van der Waals surface area contributed by atoms with Gasteiger partial charge in [0.15, 0.2) is 0 Å². The third kappa shape index (κ3) is 3.65. The fraction of sp³-hybridized carbons (Fsp3) is 0.167. The van der Waals surface area contributed by atoms with Crippen LogP contribution < -0.4 is 5.69 Å². The number of halogens is 1. The molecule has 0 bridgehead atoms. The zero-order chi connectivity index (χ0) is 22.2. The number of H-pyrrole nitrogens is 1. The molecule has 32 heavy (non-hydrogen) atoms. The van der Waals surface area contributed by atoms with Crippen molar-refractivity contribution in [1.82, 2.24) is 19.3 Å². The normalized spacial score (nSPS) is 13.1. The first-order valence-electron chi connectivity index (χ1n) is 10.2. The molecule has 1 saturated carbocycles. The van der Waals surface area contributed by atoms with Gasteiger partial charge in [-0.2, -0.15) is 10.4 Å². The SMILES string of the molecule is N#Cc1ccc(-c2ccc(-n3c(Cc4ccn(C(=O)C5CC5)c4)n[nH]c3=O)c(F)c2)cc1. The number of rotatable bonds is 5. The first-order chi connectivity index (χ1) is 15.5. The minimum Gasteiger partial charge on any atom is -0.294 e. The lowest BCUT2D eigenvalue weighted by atomic mass is 10.0. The first kappa shape index (κ1) is 19.7. The second kappa shape index (κ2) is 7.78. The molecule has 1 fully saturated rings. The molecule has 0 atom stereocenters. The van der Waals surface area contributed by atoms with Crippen LogP contribution in [0.2, 0.25) is 0 Å². The fourth-order valence-corrected chi connectivity index (χ4v) is 3.71. The summed E-state index contributed by atoms with van der Waals surface area (Å²) in [6, 6.07) is 15.3. The summed E-state index contributed by atoms with van der Waals surface area (Å²) in [5.74, 6) is -0.0580. The van der Waals surface area contributed by atoms with Gasteiger partial charge in [-0.05, 0) is 59.9 Å². The minimum absolute atomic E-state index is 0.0695. The van der Waals surface area contributed by atoms with Crippen LogP contribution in [0.25, 0.3) is 16.8 Å². The lowest BCUT2D eigenvalue weighted by molar-refractivity contribution is 0.0886. The van der Waals surface area contributed by atoms with Crippen LogP contribution in [0.3, 0.4) is 0 Å². The standard InChI is InChI=1S/C24H18FN5O2/c25-20-12-19(17-3-1-15(13-26)2-4-17)7-8-21(20)30-22(27-28-24(30)32)11-16-9-10-29(14-16)23(31)18-5-6-18/h1-4,7-10,12,14,18H,5-6,11H2,(H,28,32). The van der Waals surface area contributed by atoms with Crippen molar-refractivity contribution >= 4 is 5.91 Å². The molecule has 2 aromatic carbocycles. The molecule has 1 aliphatic carbocycles. The maximum absolute atomic E-state index is 15.0. The predicted octanol–water partition coefficient (Wildman–Crippen LogP) is 3.68. The van der Waals surface area contributed by atoms with Gasteiger partial charge in [-0.3, -0.25) is 9.36 Å². The van der Waals surface area contributed by atoms with E-state index in [4.69, 9.17) is 5.26 Å². The molecule has 1 N–H and O–H groups in total. The molecular weight excluding hydrogens is 409 g/mol. The Morgan fingerprint density at radius 1 is 1.16 bits per heavy atom. The Kier molecular flexibility index (Phi) is 4.79. The number of aromatic amines is 1. The van der Waals surface area contributed by atoms with Gasteiger partial charge in [-0.1, -0.05) is 18.2 Å². The quantitative estimate of drug-likeness (QED) is 0.525. The minimum atomic E-state index is -0.571. The van der Waals surface area contributed by atoms with E-state index in [1.54, 1.807) is 53.4 Å².